The van der Waals surface area contributed by atoms with Gasteiger partial charge in [0, 0.05) is 38.0 Å². The van der Waals surface area contributed by atoms with Crippen LogP contribution in [-0.2, 0) is 9.53 Å². The van der Waals surface area contributed by atoms with Gasteiger partial charge in [0.1, 0.15) is 11.9 Å². The van der Waals surface area contributed by atoms with Crippen molar-refractivity contribution in [3.63, 3.8) is 0 Å². The molecule has 1 amide bonds. The van der Waals surface area contributed by atoms with Gasteiger partial charge in [0.2, 0.25) is 5.91 Å². The first-order valence-electron chi connectivity index (χ1n) is 8.46. The first kappa shape index (κ1) is 17.6. The van der Waals surface area contributed by atoms with E-state index < -0.39 is 0 Å². The van der Waals surface area contributed by atoms with Gasteiger partial charge in [-0.05, 0) is 37.8 Å². The molecule has 2 atom stereocenters. The number of carbonyl (C=O) groups is 1. The van der Waals surface area contributed by atoms with Crippen LogP contribution >= 0.6 is 0 Å². The minimum atomic E-state index is -0.323. The molecule has 0 bridgehead atoms. The van der Waals surface area contributed by atoms with Gasteiger partial charge in [-0.3, -0.25) is 4.79 Å². The number of methoxy groups -OCH3 is 1. The van der Waals surface area contributed by atoms with Crippen LogP contribution in [0.15, 0.2) is 24.3 Å². The highest BCUT2D eigenvalue weighted by atomic mass is 16.5. The van der Waals surface area contributed by atoms with Crippen LogP contribution in [0, 0.1) is 5.92 Å². The maximum absolute atomic E-state index is 12.1. The Balaban J connectivity index is 1.82. The van der Waals surface area contributed by atoms with Gasteiger partial charge in [-0.2, -0.15) is 0 Å². The number of carbonyl (C=O) groups excluding carboxylic acids is 1. The lowest BCUT2D eigenvalue weighted by Crippen LogP contribution is -2.39. The zero-order chi connectivity index (χ0) is 16.7. The summed E-state index contributed by atoms with van der Waals surface area (Å²) < 4.78 is 10.7. The van der Waals surface area contributed by atoms with E-state index in [0.29, 0.717) is 25.5 Å². The Bertz CT molecular complexity index is 507. The zero-order valence-electron chi connectivity index (χ0n) is 14.4. The van der Waals surface area contributed by atoms with Gasteiger partial charge < -0.3 is 19.7 Å². The van der Waals surface area contributed by atoms with E-state index in [9.17, 15) is 4.79 Å². The first-order valence-corrected chi connectivity index (χ1v) is 8.46. The fraction of sp³-hybridized carbons (Fsp3) is 0.611. The topological polar surface area (TPSA) is 50.8 Å². The normalized spacial score (nSPS) is 18.7. The van der Waals surface area contributed by atoms with E-state index >= 15 is 0 Å². The van der Waals surface area contributed by atoms with Gasteiger partial charge in [-0.1, -0.05) is 13.0 Å². The summed E-state index contributed by atoms with van der Waals surface area (Å²) in [7, 11) is 1.68. The molecule has 1 N–H and O–H groups in total. The molecule has 1 aliphatic heterocycles. The number of hydrogen-bond acceptors (Lipinski definition) is 4. The second-order valence-electron chi connectivity index (χ2n) is 5.90. The molecule has 0 saturated carbocycles. The number of benzene rings is 1. The summed E-state index contributed by atoms with van der Waals surface area (Å²) in [6.07, 6.45) is 1.47. The molecule has 0 spiro atoms. The lowest BCUT2D eigenvalue weighted by atomic mass is 10.1. The van der Waals surface area contributed by atoms with Crippen LogP contribution in [0.5, 0.6) is 5.75 Å². The van der Waals surface area contributed by atoms with Gasteiger partial charge in [0.25, 0.3) is 0 Å². The summed E-state index contributed by atoms with van der Waals surface area (Å²) in [6, 6.07) is 8.13. The van der Waals surface area contributed by atoms with E-state index in [0.717, 1.165) is 25.3 Å². The molecule has 0 aliphatic carbocycles. The van der Waals surface area contributed by atoms with E-state index in [1.807, 2.05) is 26.0 Å². The van der Waals surface area contributed by atoms with Crippen LogP contribution < -0.4 is 15.0 Å². The number of amides is 1. The number of nitrogens with zero attached hydrogens (tertiary/aromatic N) is 1. The fourth-order valence-electron chi connectivity index (χ4n) is 2.98. The number of rotatable bonds is 8. The first-order chi connectivity index (χ1) is 11.2. The SMILES string of the molecule is CCO[C@H](CC)C(=O)NC[C@H]1CCN(c2cccc(OC)c2)C1. The Labute approximate surface area is 139 Å². The van der Waals surface area contributed by atoms with Crippen molar-refractivity contribution in [3.05, 3.63) is 24.3 Å². The molecule has 1 aromatic carbocycles. The van der Waals surface area contributed by atoms with Crippen molar-refractivity contribution in [2.24, 2.45) is 5.92 Å². The van der Waals surface area contributed by atoms with Gasteiger partial charge in [0.15, 0.2) is 0 Å². The molecular weight excluding hydrogens is 292 g/mol. The Hall–Kier alpha value is -1.75. The number of ether oxygens (including phenoxy) is 2. The van der Waals surface area contributed by atoms with Crippen LogP contribution in [0.25, 0.3) is 0 Å². The van der Waals surface area contributed by atoms with Gasteiger partial charge in [-0.25, -0.2) is 0 Å². The summed E-state index contributed by atoms with van der Waals surface area (Å²) in [5, 5.41) is 3.04. The monoisotopic (exact) mass is 320 g/mol. The smallest absolute Gasteiger partial charge is 0.249 e. The number of anilines is 1. The van der Waals surface area contributed by atoms with Crippen LogP contribution in [0.2, 0.25) is 0 Å². The largest absolute Gasteiger partial charge is 0.497 e. The van der Waals surface area contributed by atoms with E-state index in [1.54, 1.807) is 7.11 Å². The van der Waals surface area contributed by atoms with Crippen molar-refractivity contribution < 1.29 is 14.3 Å². The van der Waals surface area contributed by atoms with E-state index in [1.165, 1.54) is 5.69 Å². The summed E-state index contributed by atoms with van der Waals surface area (Å²) in [5.74, 6) is 1.36. The second kappa shape index (κ2) is 8.77. The predicted molar refractivity (Wildman–Crippen MR) is 92.0 cm³/mol. The van der Waals surface area contributed by atoms with Crippen molar-refractivity contribution in [2.75, 3.05) is 38.3 Å². The average Bonchev–Trinajstić information content (AvgIpc) is 3.06. The minimum Gasteiger partial charge on any atom is -0.497 e. The molecule has 1 fully saturated rings. The molecule has 0 aromatic heterocycles. The standard InChI is InChI=1S/C18H28N2O3/c1-4-17(23-5-2)18(21)19-12-14-9-10-20(13-14)15-7-6-8-16(11-15)22-3/h6-8,11,14,17H,4-5,9-10,12-13H2,1-3H3,(H,19,21)/t14-,17-/m1/s1. The van der Waals surface area contributed by atoms with Gasteiger partial charge >= 0.3 is 0 Å². The van der Waals surface area contributed by atoms with Crippen molar-refractivity contribution in [1.82, 2.24) is 5.32 Å². The quantitative estimate of drug-likeness (QED) is 0.799. The van der Waals surface area contributed by atoms with E-state index in [4.69, 9.17) is 9.47 Å². The minimum absolute atomic E-state index is 0.00850. The Morgan fingerprint density at radius 3 is 2.96 bits per heavy atom. The second-order valence-corrected chi connectivity index (χ2v) is 5.90. The van der Waals surface area contributed by atoms with Crippen LogP contribution in [0.3, 0.4) is 0 Å². The Kier molecular flexibility index (Phi) is 6.71. The molecule has 5 heteroatoms. The average molecular weight is 320 g/mol. The molecule has 2 rings (SSSR count). The molecule has 1 aromatic rings. The van der Waals surface area contributed by atoms with Crippen molar-refractivity contribution in [2.45, 2.75) is 32.8 Å². The fourth-order valence-corrected chi connectivity index (χ4v) is 2.98. The van der Waals surface area contributed by atoms with E-state index in [-0.39, 0.29) is 12.0 Å². The maximum Gasteiger partial charge on any atom is 0.249 e. The third kappa shape index (κ3) is 4.86. The van der Waals surface area contributed by atoms with E-state index in [2.05, 4.69) is 22.3 Å². The summed E-state index contributed by atoms with van der Waals surface area (Å²) in [4.78, 5) is 14.4. The molecular formula is C18H28N2O3. The molecule has 5 nitrogen and oxygen atoms in total. The Morgan fingerprint density at radius 1 is 1.43 bits per heavy atom. The molecule has 1 saturated heterocycles. The third-order valence-electron chi connectivity index (χ3n) is 4.30. The highest BCUT2D eigenvalue weighted by molar-refractivity contribution is 5.80. The predicted octanol–water partition coefficient (Wildman–Crippen LogP) is 2.45. The number of hydrogen-bond donors (Lipinski definition) is 1. The van der Waals surface area contributed by atoms with Crippen LogP contribution in [0.4, 0.5) is 5.69 Å². The highest BCUT2D eigenvalue weighted by Crippen LogP contribution is 2.26. The molecule has 0 unspecified atom stereocenters. The molecule has 1 heterocycles. The third-order valence-corrected chi connectivity index (χ3v) is 4.30. The highest BCUT2D eigenvalue weighted by Gasteiger charge is 2.24. The summed E-state index contributed by atoms with van der Waals surface area (Å²) in [6.45, 7) is 7.13. The Morgan fingerprint density at radius 2 is 2.26 bits per heavy atom. The molecule has 0 radical (unpaired) electrons. The van der Waals surface area contributed by atoms with Crippen molar-refractivity contribution >= 4 is 11.6 Å². The zero-order valence-corrected chi connectivity index (χ0v) is 14.4. The van der Waals surface area contributed by atoms with Gasteiger partial charge in [0.05, 0.1) is 7.11 Å². The van der Waals surface area contributed by atoms with Crippen LogP contribution in [-0.4, -0.2) is 45.4 Å². The lowest BCUT2D eigenvalue weighted by Gasteiger charge is -2.20. The van der Waals surface area contributed by atoms with Crippen LogP contribution in [0.1, 0.15) is 26.7 Å². The van der Waals surface area contributed by atoms with Crippen molar-refractivity contribution in [3.8, 4) is 5.75 Å². The summed E-state index contributed by atoms with van der Waals surface area (Å²) >= 11 is 0. The number of nitrogens with one attached hydrogen (secondary N) is 1. The maximum atomic E-state index is 12.1. The molecule has 23 heavy (non-hydrogen) atoms. The van der Waals surface area contributed by atoms with Gasteiger partial charge in [-0.15, -0.1) is 0 Å². The molecule has 128 valence electrons. The summed E-state index contributed by atoms with van der Waals surface area (Å²) in [5.41, 5.74) is 1.18. The molecule has 1 aliphatic rings. The van der Waals surface area contributed by atoms with Crippen molar-refractivity contribution in [1.29, 1.82) is 0 Å². The lowest BCUT2D eigenvalue weighted by molar-refractivity contribution is -0.132.